The number of carbonyl (C=O) groups is 1. The average molecular weight is 431 g/mol. The van der Waals surface area contributed by atoms with Crippen LogP contribution in [0.4, 0.5) is 0 Å². The highest BCUT2D eigenvalue weighted by Crippen LogP contribution is 2.22. The monoisotopic (exact) mass is 430 g/mol. The van der Waals surface area contributed by atoms with Gasteiger partial charge in [0.1, 0.15) is 12.7 Å². The quantitative estimate of drug-likeness (QED) is 0.432. The van der Waals surface area contributed by atoms with Crippen LogP contribution in [0.1, 0.15) is 16.7 Å². The molecule has 1 aliphatic rings. The Bertz CT molecular complexity index is 1000. The fourth-order valence-electron chi connectivity index (χ4n) is 3.35. The van der Waals surface area contributed by atoms with E-state index in [4.69, 9.17) is 18.9 Å². The van der Waals surface area contributed by atoms with Gasteiger partial charge in [-0.15, -0.1) is 0 Å². The largest absolute Gasteiger partial charge is 0.482 e. The van der Waals surface area contributed by atoms with Gasteiger partial charge in [-0.2, -0.15) is 0 Å². The summed E-state index contributed by atoms with van der Waals surface area (Å²) in [4.78, 5) is 12.6. The van der Waals surface area contributed by atoms with Crippen molar-refractivity contribution in [2.45, 2.75) is 32.0 Å². The van der Waals surface area contributed by atoms with Crippen LogP contribution in [0.2, 0.25) is 0 Å². The molecule has 0 amide bonds. The van der Waals surface area contributed by atoms with Crippen LogP contribution in [-0.2, 0) is 43.6 Å². The molecule has 32 heavy (non-hydrogen) atoms. The summed E-state index contributed by atoms with van der Waals surface area (Å²) in [6, 6.07) is 29.4. The van der Waals surface area contributed by atoms with Crippen molar-refractivity contribution in [3.63, 3.8) is 0 Å². The summed E-state index contributed by atoms with van der Waals surface area (Å²) in [7, 11) is 0. The van der Waals surface area contributed by atoms with Crippen LogP contribution in [0.15, 0.2) is 103 Å². The summed E-state index contributed by atoms with van der Waals surface area (Å²) >= 11 is 0. The Morgan fingerprint density at radius 3 is 1.81 bits per heavy atom. The zero-order valence-electron chi connectivity index (χ0n) is 17.8. The van der Waals surface area contributed by atoms with Gasteiger partial charge >= 0.3 is 5.97 Å². The van der Waals surface area contributed by atoms with E-state index in [2.05, 4.69) is 0 Å². The number of cyclic esters (lactones) is 1. The fraction of sp³-hybridized carbons (Fsp3) is 0.222. The van der Waals surface area contributed by atoms with E-state index in [-0.39, 0.29) is 19.0 Å². The molecule has 2 atom stereocenters. The molecule has 0 bridgehead atoms. The van der Waals surface area contributed by atoms with Gasteiger partial charge in [-0.05, 0) is 22.8 Å². The predicted molar refractivity (Wildman–Crippen MR) is 120 cm³/mol. The van der Waals surface area contributed by atoms with E-state index >= 15 is 0 Å². The van der Waals surface area contributed by atoms with Crippen molar-refractivity contribution in [2.24, 2.45) is 0 Å². The molecule has 164 valence electrons. The van der Waals surface area contributed by atoms with E-state index in [1.807, 2.05) is 91.0 Å². The molecule has 4 rings (SSSR count). The normalized spacial score (nSPS) is 18.0. The highest BCUT2D eigenvalue weighted by Gasteiger charge is 2.33. The zero-order chi connectivity index (χ0) is 22.0. The van der Waals surface area contributed by atoms with Crippen molar-refractivity contribution in [1.82, 2.24) is 0 Å². The van der Waals surface area contributed by atoms with Crippen molar-refractivity contribution >= 4 is 5.97 Å². The standard InChI is InChI=1S/C27H26O5/c28-27-25(31-19-23-14-8-3-9-15-23)16-24(30-18-22-12-6-2-7-13-22)26(32-27)20-29-17-21-10-4-1-5-11-21/h1-16,24,26H,17-20H2. The van der Waals surface area contributed by atoms with Crippen molar-refractivity contribution in [3.05, 3.63) is 120 Å². The molecule has 0 spiro atoms. The second-order valence-corrected chi connectivity index (χ2v) is 7.51. The van der Waals surface area contributed by atoms with Crippen LogP contribution in [0.25, 0.3) is 0 Å². The number of esters is 1. The lowest BCUT2D eigenvalue weighted by molar-refractivity contribution is -0.165. The number of hydrogen-bond donors (Lipinski definition) is 0. The molecule has 0 aromatic heterocycles. The minimum Gasteiger partial charge on any atom is -0.482 e. The lowest BCUT2D eigenvalue weighted by Gasteiger charge is -2.29. The van der Waals surface area contributed by atoms with Crippen molar-refractivity contribution < 1.29 is 23.7 Å². The number of ether oxygens (including phenoxy) is 4. The SMILES string of the molecule is O=C1OC(COCc2ccccc2)C(OCc2ccccc2)C=C1OCc1ccccc1. The Morgan fingerprint density at radius 1 is 0.688 bits per heavy atom. The first-order valence-electron chi connectivity index (χ1n) is 10.6. The maximum Gasteiger partial charge on any atom is 0.373 e. The first-order chi connectivity index (χ1) is 15.8. The summed E-state index contributed by atoms with van der Waals surface area (Å²) in [6.45, 7) is 1.33. The van der Waals surface area contributed by atoms with Gasteiger partial charge in [0, 0.05) is 0 Å². The van der Waals surface area contributed by atoms with Gasteiger partial charge in [-0.1, -0.05) is 91.0 Å². The smallest absolute Gasteiger partial charge is 0.373 e. The van der Waals surface area contributed by atoms with E-state index < -0.39 is 18.2 Å². The number of rotatable bonds is 10. The molecule has 5 nitrogen and oxygen atoms in total. The summed E-state index contributed by atoms with van der Waals surface area (Å²) in [6.07, 6.45) is 0.669. The molecule has 0 saturated heterocycles. The maximum atomic E-state index is 12.6. The molecule has 0 fully saturated rings. The predicted octanol–water partition coefficient (Wildman–Crippen LogP) is 4.81. The van der Waals surface area contributed by atoms with Gasteiger partial charge in [-0.3, -0.25) is 0 Å². The van der Waals surface area contributed by atoms with Crippen molar-refractivity contribution in [2.75, 3.05) is 6.61 Å². The lowest BCUT2D eigenvalue weighted by atomic mass is 10.1. The molecule has 3 aromatic rings. The Kier molecular flexibility index (Phi) is 7.69. The molecule has 0 aliphatic carbocycles. The molecule has 5 heteroatoms. The van der Waals surface area contributed by atoms with Gasteiger partial charge in [0.15, 0.2) is 6.10 Å². The molecule has 0 radical (unpaired) electrons. The lowest BCUT2D eigenvalue weighted by Crippen LogP contribution is -2.40. The van der Waals surface area contributed by atoms with Crippen LogP contribution >= 0.6 is 0 Å². The van der Waals surface area contributed by atoms with E-state index in [1.54, 1.807) is 6.08 Å². The number of carbonyl (C=O) groups excluding carboxylic acids is 1. The Labute approximate surface area is 188 Å². The van der Waals surface area contributed by atoms with Crippen LogP contribution < -0.4 is 0 Å². The highest BCUT2D eigenvalue weighted by molar-refractivity contribution is 5.87. The first kappa shape index (κ1) is 21.8. The van der Waals surface area contributed by atoms with E-state index in [9.17, 15) is 4.79 Å². The van der Waals surface area contributed by atoms with E-state index in [1.165, 1.54) is 0 Å². The van der Waals surface area contributed by atoms with Gasteiger partial charge in [0.2, 0.25) is 5.76 Å². The molecular formula is C27H26O5. The molecule has 1 aliphatic heterocycles. The average Bonchev–Trinajstić information content (AvgIpc) is 2.85. The minimum absolute atomic E-state index is 0.159. The topological polar surface area (TPSA) is 54.0 Å². The molecule has 2 unspecified atom stereocenters. The summed E-state index contributed by atoms with van der Waals surface area (Å²) in [5.74, 6) is -0.347. The zero-order valence-corrected chi connectivity index (χ0v) is 17.8. The van der Waals surface area contributed by atoms with Crippen LogP contribution in [0.3, 0.4) is 0 Å². The Balaban J connectivity index is 1.41. The Hall–Kier alpha value is -3.41. The number of hydrogen-bond acceptors (Lipinski definition) is 5. The van der Waals surface area contributed by atoms with Gasteiger partial charge in [-0.25, -0.2) is 4.79 Å². The van der Waals surface area contributed by atoms with E-state index in [0.717, 1.165) is 16.7 Å². The maximum absolute atomic E-state index is 12.6. The molecule has 0 saturated carbocycles. The Morgan fingerprint density at radius 2 is 1.22 bits per heavy atom. The van der Waals surface area contributed by atoms with Crippen LogP contribution in [0, 0.1) is 0 Å². The fourth-order valence-corrected chi connectivity index (χ4v) is 3.35. The van der Waals surface area contributed by atoms with Gasteiger partial charge in [0.05, 0.1) is 19.8 Å². The van der Waals surface area contributed by atoms with Gasteiger partial charge in [0.25, 0.3) is 0 Å². The second kappa shape index (κ2) is 11.3. The summed E-state index contributed by atoms with van der Waals surface area (Å²) in [5, 5.41) is 0. The minimum atomic E-state index is -0.556. The third-order valence-electron chi connectivity index (χ3n) is 5.06. The highest BCUT2D eigenvalue weighted by atomic mass is 16.6. The second-order valence-electron chi connectivity index (χ2n) is 7.51. The summed E-state index contributed by atoms with van der Waals surface area (Å²) < 4.78 is 23.3. The van der Waals surface area contributed by atoms with Crippen LogP contribution in [0.5, 0.6) is 0 Å². The molecular weight excluding hydrogens is 404 g/mol. The van der Waals surface area contributed by atoms with Crippen LogP contribution in [-0.4, -0.2) is 24.8 Å². The molecule has 1 heterocycles. The van der Waals surface area contributed by atoms with Crippen molar-refractivity contribution in [3.8, 4) is 0 Å². The molecule has 3 aromatic carbocycles. The third kappa shape index (κ3) is 6.30. The van der Waals surface area contributed by atoms with Gasteiger partial charge < -0.3 is 18.9 Å². The first-order valence-corrected chi connectivity index (χ1v) is 10.6. The number of benzene rings is 3. The van der Waals surface area contributed by atoms with E-state index in [0.29, 0.717) is 13.2 Å². The molecule has 0 N–H and O–H groups in total. The summed E-state index contributed by atoms with van der Waals surface area (Å²) in [5.41, 5.74) is 3.06. The van der Waals surface area contributed by atoms with Crippen molar-refractivity contribution in [1.29, 1.82) is 0 Å². The third-order valence-corrected chi connectivity index (χ3v) is 5.06.